The van der Waals surface area contributed by atoms with Crippen molar-refractivity contribution in [3.63, 3.8) is 0 Å². The molecule has 0 aliphatic heterocycles. The molecular weight excluding hydrogens is 344 g/mol. The number of hydrogen-bond donors (Lipinski definition) is 1. The predicted octanol–water partition coefficient (Wildman–Crippen LogP) is 3.32. The summed E-state index contributed by atoms with van der Waals surface area (Å²) in [5, 5.41) is 7.05. The maximum atomic E-state index is 12.9. The van der Waals surface area contributed by atoms with E-state index in [1.165, 1.54) is 25.7 Å². The Bertz CT molecular complexity index is 853. The average molecular weight is 368 g/mol. The van der Waals surface area contributed by atoms with E-state index in [1.54, 1.807) is 13.0 Å². The van der Waals surface area contributed by atoms with Gasteiger partial charge in [0.1, 0.15) is 5.69 Å². The van der Waals surface area contributed by atoms with Crippen LogP contribution in [-0.2, 0) is 0 Å². The zero-order valence-electron chi connectivity index (χ0n) is 15.5. The van der Waals surface area contributed by atoms with Gasteiger partial charge in [0, 0.05) is 12.5 Å². The quantitative estimate of drug-likeness (QED) is 0.769. The van der Waals surface area contributed by atoms with Crippen molar-refractivity contribution in [2.24, 2.45) is 11.8 Å². The second-order valence-corrected chi connectivity index (χ2v) is 8.08. The lowest BCUT2D eigenvalue weighted by Crippen LogP contribution is -2.31. The molecule has 0 radical (unpaired) electrons. The van der Waals surface area contributed by atoms with Crippen molar-refractivity contribution < 1.29 is 14.1 Å². The number of carbonyl (C=O) groups excluding carboxylic acids is 1. The summed E-state index contributed by atoms with van der Waals surface area (Å²) in [7, 11) is 0. The van der Waals surface area contributed by atoms with Crippen molar-refractivity contribution in [3.05, 3.63) is 35.1 Å². The minimum atomic E-state index is -0.226. The molecule has 1 amide bonds. The van der Waals surface area contributed by atoms with E-state index >= 15 is 0 Å². The molecule has 0 aromatic carbocycles. The maximum Gasteiger partial charge on any atom is 0.270 e. The van der Waals surface area contributed by atoms with E-state index in [0.29, 0.717) is 47.6 Å². The van der Waals surface area contributed by atoms with Gasteiger partial charge in [0.05, 0.1) is 12.6 Å². The number of nitrogens with zero attached hydrogens (tertiary/aromatic N) is 3. The summed E-state index contributed by atoms with van der Waals surface area (Å²) in [5.74, 6) is 3.02. The molecule has 142 valence electrons. The summed E-state index contributed by atoms with van der Waals surface area (Å²) in [6.07, 6.45) is 6.92. The number of pyridine rings is 1. The van der Waals surface area contributed by atoms with Crippen LogP contribution in [0.15, 0.2) is 16.7 Å². The molecule has 3 fully saturated rings. The summed E-state index contributed by atoms with van der Waals surface area (Å²) < 4.78 is 11.1. The molecule has 0 spiro atoms. The number of aromatic nitrogens is 3. The Balaban J connectivity index is 1.34. The van der Waals surface area contributed by atoms with Crippen molar-refractivity contribution in [1.29, 1.82) is 0 Å². The van der Waals surface area contributed by atoms with E-state index in [4.69, 9.17) is 9.26 Å². The summed E-state index contributed by atoms with van der Waals surface area (Å²) in [6, 6.07) is 3.58. The van der Waals surface area contributed by atoms with Crippen LogP contribution in [0.4, 0.5) is 0 Å². The highest BCUT2D eigenvalue weighted by molar-refractivity contribution is 5.92. The zero-order valence-corrected chi connectivity index (χ0v) is 15.5. The van der Waals surface area contributed by atoms with Crippen LogP contribution in [0.5, 0.6) is 5.88 Å². The standard InChI is InChI=1S/C20H24N4O3/c1-11-21-18(24-27-11)17(14-6-7-14)23-19(25)16-9-8-15(13-4-5-13)20(22-16)26-10-12-2-3-12/h8-9,12-14,17H,2-7,10H2,1H3,(H,23,25)/t17-/m1/s1. The van der Waals surface area contributed by atoms with Crippen LogP contribution in [0.1, 0.15) is 78.3 Å². The first-order valence-corrected chi connectivity index (χ1v) is 9.92. The molecule has 2 aromatic rings. The van der Waals surface area contributed by atoms with Crippen molar-refractivity contribution >= 4 is 5.91 Å². The largest absolute Gasteiger partial charge is 0.477 e. The molecule has 5 rings (SSSR count). The van der Waals surface area contributed by atoms with Crippen LogP contribution in [0, 0.1) is 18.8 Å². The van der Waals surface area contributed by atoms with Crippen LogP contribution >= 0.6 is 0 Å². The molecular formula is C20H24N4O3. The van der Waals surface area contributed by atoms with Crippen LogP contribution in [-0.4, -0.2) is 27.6 Å². The first kappa shape index (κ1) is 16.7. The zero-order chi connectivity index (χ0) is 18.4. The van der Waals surface area contributed by atoms with Crippen LogP contribution in [0.25, 0.3) is 0 Å². The predicted molar refractivity (Wildman–Crippen MR) is 96.4 cm³/mol. The van der Waals surface area contributed by atoms with Gasteiger partial charge in [-0.1, -0.05) is 11.2 Å². The van der Waals surface area contributed by atoms with Gasteiger partial charge >= 0.3 is 0 Å². The van der Waals surface area contributed by atoms with Gasteiger partial charge < -0.3 is 14.6 Å². The summed E-state index contributed by atoms with van der Waals surface area (Å²) in [6.45, 7) is 2.45. The summed E-state index contributed by atoms with van der Waals surface area (Å²) in [4.78, 5) is 21.7. The SMILES string of the molecule is Cc1nc([C@H](NC(=O)c2ccc(C3CC3)c(OCC3CC3)n2)C2CC2)no1. The molecule has 2 heterocycles. The molecule has 3 saturated carbocycles. The van der Waals surface area contributed by atoms with Crippen molar-refractivity contribution in [3.8, 4) is 5.88 Å². The molecule has 7 nitrogen and oxygen atoms in total. The van der Waals surface area contributed by atoms with Crippen LogP contribution in [0.3, 0.4) is 0 Å². The normalized spacial score (nSPS) is 20.3. The molecule has 1 atom stereocenters. The Kier molecular flexibility index (Phi) is 4.10. The van der Waals surface area contributed by atoms with Gasteiger partial charge in [-0.3, -0.25) is 4.79 Å². The average Bonchev–Trinajstić information content (AvgIpc) is 3.54. The summed E-state index contributed by atoms with van der Waals surface area (Å²) in [5.41, 5.74) is 1.52. The fourth-order valence-electron chi connectivity index (χ4n) is 3.36. The highest BCUT2D eigenvalue weighted by atomic mass is 16.5. The fourth-order valence-corrected chi connectivity index (χ4v) is 3.36. The van der Waals surface area contributed by atoms with Gasteiger partial charge in [0.15, 0.2) is 5.82 Å². The monoisotopic (exact) mass is 368 g/mol. The third-order valence-electron chi connectivity index (χ3n) is 5.49. The number of aryl methyl sites for hydroxylation is 1. The Morgan fingerprint density at radius 3 is 2.67 bits per heavy atom. The van der Waals surface area contributed by atoms with Crippen molar-refractivity contribution in [2.45, 2.75) is 57.4 Å². The smallest absolute Gasteiger partial charge is 0.270 e. The second kappa shape index (κ2) is 6.62. The third kappa shape index (κ3) is 3.82. The molecule has 27 heavy (non-hydrogen) atoms. The van der Waals surface area contributed by atoms with Gasteiger partial charge in [0.25, 0.3) is 5.91 Å². The van der Waals surface area contributed by atoms with Crippen LogP contribution < -0.4 is 10.1 Å². The lowest BCUT2D eigenvalue weighted by Gasteiger charge is -2.15. The fraction of sp³-hybridized carbons (Fsp3) is 0.600. The Labute approximate surface area is 157 Å². The minimum Gasteiger partial charge on any atom is -0.477 e. The van der Waals surface area contributed by atoms with E-state index in [1.807, 2.05) is 6.07 Å². The maximum absolute atomic E-state index is 12.9. The molecule has 2 aromatic heterocycles. The molecule has 1 N–H and O–H groups in total. The molecule has 0 unspecified atom stereocenters. The second-order valence-electron chi connectivity index (χ2n) is 8.08. The molecule has 3 aliphatic carbocycles. The number of hydrogen-bond acceptors (Lipinski definition) is 6. The van der Waals surface area contributed by atoms with Crippen LogP contribution in [0.2, 0.25) is 0 Å². The van der Waals surface area contributed by atoms with E-state index in [0.717, 1.165) is 18.4 Å². The Hall–Kier alpha value is -2.44. The molecule has 0 saturated heterocycles. The number of nitrogens with one attached hydrogen (secondary N) is 1. The van der Waals surface area contributed by atoms with Gasteiger partial charge in [-0.15, -0.1) is 0 Å². The highest BCUT2D eigenvalue weighted by Crippen LogP contribution is 2.44. The van der Waals surface area contributed by atoms with Crippen molar-refractivity contribution in [2.75, 3.05) is 6.61 Å². The summed E-state index contributed by atoms with van der Waals surface area (Å²) >= 11 is 0. The van der Waals surface area contributed by atoms with E-state index in [9.17, 15) is 4.79 Å². The lowest BCUT2D eigenvalue weighted by atomic mass is 10.1. The highest BCUT2D eigenvalue weighted by Gasteiger charge is 2.37. The number of rotatable bonds is 8. The topological polar surface area (TPSA) is 90.1 Å². The van der Waals surface area contributed by atoms with Gasteiger partial charge in [-0.05, 0) is 62.3 Å². The number of ether oxygens (including phenoxy) is 1. The number of amides is 1. The van der Waals surface area contributed by atoms with E-state index in [2.05, 4.69) is 20.4 Å². The van der Waals surface area contributed by atoms with E-state index in [-0.39, 0.29) is 11.9 Å². The molecule has 0 bridgehead atoms. The van der Waals surface area contributed by atoms with Gasteiger partial charge in [-0.25, -0.2) is 4.98 Å². The van der Waals surface area contributed by atoms with Crippen molar-refractivity contribution in [1.82, 2.24) is 20.4 Å². The lowest BCUT2D eigenvalue weighted by molar-refractivity contribution is 0.0922. The van der Waals surface area contributed by atoms with Gasteiger partial charge in [0.2, 0.25) is 11.8 Å². The Morgan fingerprint density at radius 2 is 2.04 bits per heavy atom. The first-order chi connectivity index (χ1) is 13.2. The van der Waals surface area contributed by atoms with E-state index < -0.39 is 0 Å². The molecule has 7 heteroatoms. The third-order valence-corrected chi connectivity index (χ3v) is 5.49. The van der Waals surface area contributed by atoms with Gasteiger partial charge in [-0.2, -0.15) is 4.98 Å². The minimum absolute atomic E-state index is 0.215. The number of carbonyl (C=O) groups is 1. The first-order valence-electron chi connectivity index (χ1n) is 9.92. The molecule has 3 aliphatic rings. The Morgan fingerprint density at radius 1 is 1.22 bits per heavy atom.